The minimum absolute atomic E-state index is 0.135. The van der Waals surface area contributed by atoms with Crippen molar-refractivity contribution in [2.24, 2.45) is 0 Å². The lowest BCUT2D eigenvalue weighted by Gasteiger charge is -2.28. The molecule has 1 rings (SSSR count). The Morgan fingerprint density at radius 2 is 1.80 bits per heavy atom. The van der Waals surface area contributed by atoms with Crippen molar-refractivity contribution in [1.82, 2.24) is 5.32 Å². The van der Waals surface area contributed by atoms with Gasteiger partial charge in [-0.3, -0.25) is 9.10 Å². The van der Waals surface area contributed by atoms with Gasteiger partial charge in [-0.05, 0) is 31.0 Å². The van der Waals surface area contributed by atoms with Crippen LogP contribution in [-0.2, 0) is 21.2 Å². The first-order valence-electron chi connectivity index (χ1n) is 8.45. The Balaban J connectivity index is 2.83. The number of hydrogen-bond donors (Lipinski definition) is 1. The largest absolute Gasteiger partial charge is 0.353 e. The van der Waals surface area contributed by atoms with E-state index in [9.17, 15) is 13.2 Å². The second kappa shape index (κ2) is 8.94. The first kappa shape index (κ1) is 21.8. The Labute approximate surface area is 156 Å². The summed E-state index contributed by atoms with van der Waals surface area (Å²) in [6.45, 7) is 10.5. The number of amides is 1. The average Bonchev–Trinajstić information content (AvgIpc) is 2.49. The fraction of sp³-hybridized carbons (Fsp3) is 0.611. The molecule has 1 aromatic rings. The summed E-state index contributed by atoms with van der Waals surface area (Å²) in [7, 11) is -3.57. The number of hydrogen-bond acceptors (Lipinski definition) is 4. The Morgan fingerprint density at radius 3 is 2.24 bits per heavy atom. The van der Waals surface area contributed by atoms with Crippen LogP contribution in [0.25, 0.3) is 0 Å². The summed E-state index contributed by atoms with van der Waals surface area (Å²) < 4.78 is 25.8. The molecule has 0 aliphatic carbocycles. The maximum atomic E-state index is 12.4. The fourth-order valence-electron chi connectivity index (χ4n) is 2.37. The normalized spacial score (nSPS) is 13.4. The fourth-order valence-corrected chi connectivity index (χ4v) is 4.36. The summed E-state index contributed by atoms with van der Waals surface area (Å²) in [4.78, 5) is 12.4. The summed E-state index contributed by atoms with van der Waals surface area (Å²) in [5, 5.41) is 2.83. The molecule has 142 valence electrons. The lowest BCUT2D eigenvalue weighted by molar-refractivity contribution is -0.121. The molecule has 0 aliphatic heterocycles. The first-order chi connectivity index (χ1) is 11.5. The SMILES string of the molecule is CCc1ccc(N([C@@H](C)C(=O)NCCSC(C)(C)C)S(C)(=O)=O)cc1. The molecule has 1 N–H and O–H groups in total. The molecule has 0 fully saturated rings. The van der Waals surface area contributed by atoms with E-state index in [2.05, 4.69) is 26.1 Å². The number of nitrogens with one attached hydrogen (secondary N) is 1. The number of carbonyl (C=O) groups excluding carboxylic acids is 1. The number of sulfonamides is 1. The summed E-state index contributed by atoms with van der Waals surface area (Å²) in [5.41, 5.74) is 1.62. The predicted octanol–water partition coefficient (Wildman–Crippen LogP) is 3.05. The van der Waals surface area contributed by atoms with E-state index in [-0.39, 0.29) is 10.7 Å². The molecule has 0 saturated carbocycles. The van der Waals surface area contributed by atoms with Gasteiger partial charge in [0.15, 0.2) is 0 Å². The van der Waals surface area contributed by atoms with Gasteiger partial charge in [0.1, 0.15) is 6.04 Å². The van der Waals surface area contributed by atoms with Crippen LogP contribution in [-0.4, -0.2) is 43.7 Å². The third-order valence-corrected chi connectivity index (χ3v) is 6.14. The topological polar surface area (TPSA) is 66.5 Å². The Hall–Kier alpha value is -1.21. The average molecular weight is 387 g/mol. The highest BCUT2D eigenvalue weighted by atomic mass is 32.2. The summed E-state index contributed by atoms with van der Waals surface area (Å²) in [6, 6.07) is 6.47. The van der Waals surface area contributed by atoms with E-state index in [1.165, 1.54) is 4.31 Å². The number of carbonyl (C=O) groups is 1. The van der Waals surface area contributed by atoms with Gasteiger partial charge in [0.2, 0.25) is 15.9 Å². The molecule has 0 heterocycles. The van der Waals surface area contributed by atoms with Crippen LogP contribution in [0.5, 0.6) is 0 Å². The van der Waals surface area contributed by atoms with Gasteiger partial charge in [0.25, 0.3) is 0 Å². The molecule has 7 heteroatoms. The highest BCUT2D eigenvalue weighted by Gasteiger charge is 2.28. The molecular weight excluding hydrogens is 356 g/mol. The van der Waals surface area contributed by atoms with Gasteiger partial charge < -0.3 is 5.32 Å². The maximum Gasteiger partial charge on any atom is 0.243 e. The number of aryl methyl sites for hydroxylation is 1. The van der Waals surface area contributed by atoms with E-state index in [0.717, 1.165) is 24.0 Å². The molecule has 1 atom stereocenters. The molecule has 0 spiro atoms. The lowest BCUT2D eigenvalue weighted by atomic mass is 10.1. The van der Waals surface area contributed by atoms with E-state index in [4.69, 9.17) is 0 Å². The second-order valence-corrected chi connectivity index (χ2v) is 10.8. The number of rotatable bonds is 8. The zero-order chi connectivity index (χ0) is 19.3. The molecular formula is C18H30N2O3S2. The number of nitrogens with zero attached hydrogens (tertiary/aromatic N) is 1. The van der Waals surface area contributed by atoms with Crippen molar-refractivity contribution in [2.75, 3.05) is 22.9 Å². The molecule has 0 bridgehead atoms. The van der Waals surface area contributed by atoms with Crippen LogP contribution in [0.3, 0.4) is 0 Å². The summed E-state index contributed by atoms with van der Waals surface area (Å²) in [5.74, 6) is 0.492. The van der Waals surface area contributed by atoms with Gasteiger partial charge in [-0.1, -0.05) is 39.8 Å². The van der Waals surface area contributed by atoms with E-state index in [1.54, 1.807) is 30.8 Å². The molecule has 0 aromatic heterocycles. The van der Waals surface area contributed by atoms with Gasteiger partial charge in [0.05, 0.1) is 11.9 Å². The molecule has 5 nitrogen and oxygen atoms in total. The van der Waals surface area contributed by atoms with E-state index < -0.39 is 16.1 Å². The van der Waals surface area contributed by atoms with E-state index in [0.29, 0.717) is 12.2 Å². The minimum atomic E-state index is -3.57. The Morgan fingerprint density at radius 1 is 1.24 bits per heavy atom. The number of thioether (sulfide) groups is 1. The zero-order valence-corrected chi connectivity index (χ0v) is 17.6. The predicted molar refractivity (Wildman–Crippen MR) is 108 cm³/mol. The number of benzene rings is 1. The second-order valence-electron chi connectivity index (χ2n) is 7.01. The summed E-state index contributed by atoms with van der Waals surface area (Å²) in [6.07, 6.45) is 2.00. The van der Waals surface area contributed by atoms with Crippen molar-refractivity contribution >= 4 is 33.4 Å². The molecule has 25 heavy (non-hydrogen) atoms. The van der Waals surface area contributed by atoms with Crippen LogP contribution in [0, 0.1) is 0 Å². The standard InChI is InChI=1S/C18H30N2O3S2/c1-7-15-8-10-16(11-9-15)20(25(6,22)23)14(2)17(21)19-12-13-24-18(3,4)5/h8-11,14H,7,12-13H2,1-6H3,(H,19,21)/t14-/m0/s1. The van der Waals surface area contributed by atoms with Crippen LogP contribution >= 0.6 is 11.8 Å². The van der Waals surface area contributed by atoms with Gasteiger partial charge in [0, 0.05) is 17.0 Å². The lowest BCUT2D eigenvalue weighted by Crippen LogP contribution is -2.48. The van der Waals surface area contributed by atoms with Crippen molar-refractivity contribution in [3.63, 3.8) is 0 Å². The van der Waals surface area contributed by atoms with Crippen molar-refractivity contribution in [2.45, 2.75) is 51.8 Å². The van der Waals surface area contributed by atoms with Gasteiger partial charge >= 0.3 is 0 Å². The molecule has 1 amide bonds. The van der Waals surface area contributed by atoms with Gasteiger partial charge in [-0.25, -0.2) is 8.42 Å². The van der Waals surface area contributed by atoms with Crippen LogP contribution < -0.4 is 9.62 Å². The van der Waals surface area contributed by atoms with Crippen molar-refractivity contribution in [3.05, 3.63) is 29.8 Å². The summed E-state index contributed by atoms with van der Waals surface area (Å²) >= 11 is 1.76. The van der Waals surface area contributed by atoms with Crippen LogP contribution in [0.15, 0.2) is 24.3 Å². The van der Waals surface area contributed by atoms with Gasteiger partial charge in [-0.15, -0.1) is 0 Å². The quantitative estimate of drug-likeness (QED) is 0.697. The monoisotopic (exact) mass is 386 g/mol. The molecule has 0 unspecified atom stereocenters. The van der Waals surface area contributed by atoms with E-state index >= 15 is 0 Å². The zero-order valence-electron chi connectivity index (χ0n) is 16.0. The molecule has 0 radical (unpaired) electrons. The Kier molecular flexibility index (Phi) is 7.81. The molecule has 0 saturated heterocycles. The highest BCUT2D eigenvalue weighted by Crippen LogP contribution is 2.23. The van der Waals surface area contributed by atoms with Crippen molar-refractivity contribution in [3.8, 4) is 0 Å². The third kappa shape index (κ3) is 7.28. The van der Waals surface area contributed by atoms with Gasteiger partial charge in [-0.2, -0.15) is 11.8 Å². The first-order valence-corrected chi connectivity index (χ1v) is 11.3. The third-order valence-electron chi connectivity index (χ3n) is 3.62. The van der Waals surface area contributed by atoms with Crippen LogP contribution in [0.4, 0.5) is 5.69 Å². The highest BCUT2D eigenvalue weighted by molar-refractivity contribution is 8.00. The smallest absolute Gasteiger partial charge is 0.243 e. The van der Waals surface area contributed by atoms with Crippen LogP contribution in [0.2, 0.25) is 0 Å². The van der Waals surface area contributed by atoms with Crippen molar-refractivity contribution in [1.29, 1.82) is 0 Å². The van der Waals surface area contributed by atoms with E-state index in [1.807, 2.05) is 19.1 Å². The molecule has 0 aliphatic rings. The Bertz CT molecular complexity index is 665. The number of anilines is 1. The van der Waals surface area contributed by atoms with Crippen LogP contribution in [0.1, 0.15) is 40.2 Å². The maximum absolute atomic E-state index is 12.4. The van der Waals surface area contributed by atoms with Crippen molar-refractivity contribution < 1.29 is 13.2 Å². The minimum Gasteiger partial charge on any atom is -0.353 e. The molecule has 1 aromatic carbocycles.